The van der Waals surface area contributed by atoms with E-state index in [1.165, 1.54) is 19.4 Å². The van der Waals surface area contributed by atoms with E-state index >= 15 is 0 Å². The van der Waals surface area contributed by atoms with Gasteiger partial charge in [-0.05, 0) is 0 Å². The monoisotopic (exact) mass is 482 g/mol. The standard InChI is InChI=1S/C11H6Cl2N3OS.W/c1-5(2)3-7-14-4-6(15-7)8-10(13)18-11(16-8)9(12)17;/h1,3-4H,2H3;/q-1;/b5-3+;. The van der Waals surface area contributed by atoms with Crippen LogP contribution in [0.3, 0.4) is 0 Å². The van der Waals surface area contributed by atoms with Crippen molar-refractivity contribution in [3.8, 4) is 11.4 Å². The molecule has 0 fully saturated rings. The first kappa shape index (κ1) is 14.8. The minimum absolute atomic E-state index is 0.156. The summed E-state index contributed by atoms with van der Waals surface area (Å²) in [5.41, 5.74) is 2.06. The number of aromatic nitrogens is 3. The van der Waals surface area contributed by atoms with Crippen molar-refractivity contribution >= 4 is 50.3 Å². The Morgan fingerprint density at radius 3 is 2.89 bits per heavy atom. The molecule has 0 saturated carbocycles. The molecule has 2 aromatic rings. The number of allylic oxidation sites excluding steroid dienone is 1. The van der Waals surface area contributed by atoms with E-state index in [1.807, 2.05) is 17.4 Å². The van der Waals surface area contributed by atoms with Crippen molar-refractivity contribution in [2.75, 3.05) is 0 Å². The maximum atomic E-state index is 11.0. The topological polar surface area (TPSA) is 57.0 Å². The molecule has 4 nitrogen and oxygen atoms in total. The van der Waals surface area contributed by atoms with Crippen molar-refractivity contribution in [3.63, 3.8) is 0 Å². The Morgan fingerprint density at radius 1 is 1.58 bits per heavy atom. The molecule has 2 heterocycles. The second kappa shape index (κ2) is 6.23. The molecule has 0 spiro atoms. The van der Waals surface area contributed by atoms with E-state index in [9.17, 15) is 4.79 Å². The summed E-state index contributed by atoms with van der Waals surface area (Å²) in [6, 6.07) is 0. The third kappa shape index (κ3) is 3.48. The SMILES string of the molecule is C/C([CH]=[W])=C/c1ncc(-c2nc(C(=O)Cl)sc2Cl)[n-]1. The van der Waals surface area contributed by atoms with E-state index in [0.717, 1.165) is 16.9 Å². The summed E-state index contributed by atoms with van der Waals surface area (Å²) in [5.74, 6) is 0.591. The molecule has 0 aliphatic rings. The molecule has 2 rings (SSSR count). The van der Waals surface area contributed by atoms with Gasteiger partial charge in [0.05, 0.1) is 0 Å². The Morgan fingerprint density at radius 2 is 2.32 bits per heavy atom. The third-order valence-corrected chi connectivity index (χ3v) is 4.97. The Bertz CT molecular complexity index is 677. The maximum absolute atomic E-state index is 11.0. The zero-order valence-corrected chi connectivity index (χ0v) is 14.8. The van der Waals surface area contributed by atoms with E-state index in [4.69, 9.17) is 23.2 Å². The van der Waals surface area contributed by atoms with Gasteiger partial charge in [-0.3, -0.25) is 0 Å². The summed E-state index contributed by atoms with van der Waals surface area (Å²) in [4.78, 5) is 23.6. The van der Waals surface area contributed by atoms with Crippen LogP contribution in [-0.4, -0.2) is 19.6 Å². The molecule has 2 aromatic heterocycles. The van der Waals surface area contributed by atoms with E-state index in [1.54, 1.807) is 6.20 Å². The zero-order chi connectivity index (χ0) is 14.0. The molecule has 0 aromatic carbocycles. The third-order valence-electron chi connectivity index (χ3n) is 2.09. The summed E-state index contributed by atoms with van der Waals surface area (Å²) in [5, 5.41) is -0.472. The molecule has 19 heavy (non-hydrogen) atoms. The molecule has 0 amide bonds. The van der Waals surface area contributed by atoms with Crippen LogP contribution in [0.25, 0.3) is 17.5 Å². The van der Waals surface area contributed by atoms with Crippen LogP contribution < -0.4 is 4.98 Å². The van der Waals surface area contributed by atoms with Gasteiger partial charge in [0.25, 0.3) is 0 Å². The molecule has 0 radical (unpaired) electrons. The summed E-state index contributed by atoms with van der Waals surface area (Å²) in [6.45, 7) is 1.98. The van der Waals surface area contributed by atoms with Gasteiger partial charge < -0.3 is 0 Å². The van der Waals surface area contributed by atoms with Crippen molar-refractivity contribution in [3.05, 3.63) is 26.9 Å². The molecule has 0 saturated heterocycles. The first-order chi connectivity index (χ1) is 9.01. The molecule has 0 atom stereocenters. The van der Waals surface area contributed by atoms with Crippen LogP contribution in [0.1, 0.15) is 22.6 Å². The molecule has 8 heteroatoms. The van der Waals surface area contributed by atoms with Gasteiger partial charge in [0.2, 0.25) is 0 Å². The van der Waals surface area contributed by atoms with E-state index in [0.29, 0.717) is 21.5 Å². The van der Waals surface area contributed by atoms with Crippen LogP contribution in [0.4, 0.5) is 0 Å². The average molecular weight is 483 g/mol. The molecule has 0 aliphatic carbocycles. The van der Waals surface area contributed by atoms with Gasteiger partial charge in [-0.2, -0.15) is 0 Å². The molecule has 0 bridgehead atoms. The van der Waals surface area contributed by atoms with Crippen molar-refractivity contribution in [2.45, 2.75) is 6.92 Å². The van der Waals surface area contributed by atoms with Crippen molar-refractivity contribution in [2.24, 2.45) is 0 Å². The quantitative estimate of drug-likeness (QED) is 0.629. The zero-order valence-electron chi connectivity index (χ0n) is 9.55. The minimum atomic E-state index is -0.628. The Hall–Kier alpha value is -0.612. The number of rotatable bonds is 4. The molecule has 98 valence electrons. The fourth-order valence-electron chi connectivity index (χ4n) is 1.27. The normalized spacial score (nSPS) is 11.6. The fourth-order valence-corrected chi connectivity index (χ4v) is 2.67. The number of imidazole rings is 1. The van der Waals surface area contributed by atoms with E-state index in [-0.39, 0.29) is 5.01 Å². The Balaban J connectivity index is 2.38. The number of thiazole rings is 1. The summed E-state index contributed by atoms with van der Waals surface area (Å²) >= 11 is 13.8. The Kier molecular flexibility index (Phi) is 4.85. The molecule has 0 unspecified atom stereocenters. The molecule has 0 aliphatic heterocycles. The molecular formula is C11H6Cl2N3OSW-. The second-order valence-corrected chi connectivity index (χ2v) is 6.33. The van der Waals surface area contributed by atoms with Crippen LogP contribution in [0, 0.1) is 0 Å². The number of carbonyl (C=O) groups is 1. The van der Waals surface area contributed by atoms with Crippen LogP contribution in [0.5, 0.6) is 0 Å². The Labute approximate surface area is 134 Å². The van der Waals surface area contributed by atoms with Gasteiger partial charge in [-0.15, -0.1) is 0 Å². The number of hydrogen-bond donors (Lipinski definition) is 0. The van der Waals surface area contributed by atoms with Crippen molar-refractivity contribution in [1.82, 2.24) is 15.0 Å². The van der Waals surface area contributed by atoms with Crippen molar-refractivity contribution < 1.29 is 24.1 Å². The first-order valence-corrected chi connectivity index (χ1v) is 8.27. The number of hydrogen-bond acceptors (Lipinski definition) is 4. The molecular weight excluding hydrogens is 477 g/mol. The average Bonchev–Trinajstić information content (AvgIpc) is 2.95. The van der Waals surface area contributed by atoms with Gasteiger partial charge in [-0.25, -0.2) is 0 Å². The van der Waals surface area contributed by atoms with Crippen LogP contribution in [-0.2, 0) is 19.4 Å². The number of nitrogens with zero attached hydrogens (tertiary/aromatic N) is 3. The van der Waals surface area contributed by atoms with E-state index in [2.05, 4.69) is 15.0 Å². The van der Waals surface area contributed by atoms with Crippen LogP contribution >= 0.6 is 34.5 Å². The van der Waals surface area contributed by atoms with Gasteiger partial charge in [-0.1, -0.05) is 0 Å². The summed E-state index contributed by atoms with van der Waals surface area (Å²) < 4.78 is 2.42. The van der Waals surface area contributed by atoms with Gasteiger partial charge >= 0.3 is 135 Å². The second-order valence-electron chi connectivity index (χ2n) is 3.53. The fraction of sp³-hybridized carbons (Fsp3) is 0.0909. The predicted octanol–water partition coefficient (Wildman–Crippen LogP) is 2.95. The predicted molar refractivity (Wildman–Crippen MR) is 73.6 cm³/mol. The van der Waals surface area contributed by atoms with Gasteiger partial charge in [0.1, 0.15) is 0 Å². The van der Waals surface area contributed by atoms with Crippen LogP contribution in [0.15, 0.2) is 11.8 Å². The summed E-state index contributed by atoms with van der Waals surface area (Å²) in [6.07, 6.45) is 3.44. The summed E-state index contributed by atoms with van der Waals surface area (Å²) in [7, 11) is 0. The van der Waals surface area contributed by atoms with Crippen molar-refractivity contribution in [1.29, 1.82) is 0 Å². The number of halogens is 2. The van der Waals surface area contributed by atoms with E-state index < -0.39 is 5.24 Å². The van der Waals surface area contributed by atoms with Gasteiger partial charge in [0.15, 0.2) is 0 Å². The van der Waals surface area contributed by atoms with Crippen LogP contribution in [0.2, 0.25) is 4.34 Å². The molecule has 0 N–H and O–H groups in total. The first-order valence-electron chi connectivity index (χ1n) is 5.01. The number of carbonyl (C=O) groups excluding carboxylic acids is 1. The van der Waals surface area contributed by atoms with Gasteiger partial charge in [0, 0.05) is 0 Å².